The lowest BCUT2D eigenvalue weighted by atomic mass is 10.2. The van der Waals surface area contributed by atoms with E-state index in [1.807, 2.05) is 12.1 Å². The van der Waals surface area contributed by atoms with Crippen molar-refractivity contribution in [3.8, 4) is 10.4 Å². The summed E-state index contributed by atoms with van der Waals surface area (Å²) in [4.78, 5) is 11.5. The number of nitro groups is 1. The molecule has 1 aromatic carbocycles. The average Bonchev–Trinajstić information content (AvgIpc) is 3.04. The Hall–Kier alpha value is -1.66. The molecule has 0 aliphatic carbocycles. The zero-order valence-corrected chi connectivity index (χ0v) is 15.5. The molecule has 136 valence electrons. The van der Waals surface area contributed by atoms with Crippen molar-refractivity contribution in [2.24, 2.45) is 0 Å². The number of nitrogens with zero attached hydrogens (tertiary/aromatic N) is 2. The van der Waals surface area contributed by atoms with Crippen LogP contribution in [0.15, 0.2) is 29.6 Å². The van der Waals surface area contributed by atoms with Crippen LogP contribution in [0.5, 0.6) is 0 Å². The minimum atomic E-state index is -4.92. The molecule has 2 aromatic rings. The number of benzene rings is 1. The summed E-state index contributed by atoms with van der Waals surface area (Å²) in [6.45, 7) is 2.30. The van der Waals surface area contributed by atoms with Gasteiger partial charge in [-0.3, -0.25) is 14.7 Å². The third-order valence-corrected chi connectivity index (χ3v) is 5.95. The summed E-state index contributed by atoms with van der Waals surface area (Å²) >= 11 is 3.55. The van der Waals surface area contributed by atoms with Gasteiger partial charge in [0.2, 0.25) is 10.4 Å². The van der Waals surface area contributed by atoms with Crippen molar-refractivity contribution in [1.29, 1.82) is 0 Å². The second-order valence-corrected chi connectivity index (χ2v) is 8.25. The van der Waals surface area contributed by atoms with Gasteiger partial charge in [0.05, 0.1) is 9.80 Å². The Labute approximate surface area is 152 Å². The topological polar surface area (TPSA) is 124 Å². The maximum Gasteiger partial charge on any atom is 0.314 e. The van der Waals surface area contributed by atoms with E-state index < -0.39 is 10.4 Å². The van der Waals surface area contributed by atoms with Crippen LogP contribution in [0, 0.1) is 10.1 Å². The quantitative estimate of drug-likeness (QED) is 0.269. The van der Waals surface area contributed by atoms with Crippen LogP contribution in [0.2, 0.25) is 0 Å². The number of piperidine rings is 1. The molecule has 2 heterocycles. The molecule has 1 aromatic heterocycles. The van der Waals surface area contributed by atoms with E-state index in [2.05, 4.69) is 9.96 Å². The zero-order valence-electron chi connectivity index (χ0n) is 13.0. The van der Waals surface area contributed by atoms with Crippen LogP contribution in [0.1, 0.15) is 19.3 Å². The van der Waals surface area contributed by atoms with Gasteiger partial charge in [-0.05, 0) is 24.1 Å². The van der Waals surface area contributed by atoms with Crippen LogP contribution in [-0.4, -0.2) is 35.5 Å². The van der Waals surface area contributed by atoms with Gasteiger partial charge in [0.1, 0.15) is 13.1 Å². The largest absolute Gasteiger partial charge is 0.726 e. The first-order chi connectivity index (χ1) is 11.7. The molecule has 1 aliphatic heterocycles. The molecule has 3 rings (SSSR count). The van der Waals surface area contributed by atoms with Gasteiger partial charge in [-0.15, -0.1) is 0 Å². The van der Waals surface area contributed by atoms with Gasteiger partial charge >= 0.3 is 3.98 Å². The van der Waals surface area contributed by atoms with Crippen molar-refractivity contribution < 1.29 is 22.4 Å². The second-order valence-electron chi connectivity index (χ2n) is 5.25. The summed E-state index contributed by atoms with van der Waals surface area (Å²) in [5.74, 6) is 0. The maximum atomic E-state index is 10.7. The standard InChI is InChI=1S/C14H15N2O2S2.H2O4S/c17-16(18)12-6-4-11(5-7-12)13-10-19-14(20-13)15-8-2-1-3-9-15;1-5(2,3)4/h4-7,10H,1-3,8-9H2;(H2,1,2,3,4)/q+1;/p-1. The van der Waals surface area contributed by atoms with Crippen molar-refractivity contribution >= 4 is 38.8 Å². The SMILES string of the molecule is O=S(=O)([O-])O.O=[N+]([O-])c1ccc(-c2csc(=[N+]3CCCCC3)s2)cc1. The van der Waals surface area contributed by atoms with E-state index in [4.69, 9.17) is 17.5 Å². The monoisotopic (exact) mass is 404 g/mol. The molecule has 0 amide bonds. The summed E-state index contributed by atoms with van der Waals surface area (Å²) < 4.78 is 36.6. The highest BCUT2D eigenvalue weighted by Gasteiger charge is 2.14. The minimum Gasteiger partial charge on any atom is -0.726 e. The zero-order chi connectivity index (χ0) is 18.4. The molecule has 1 fully saturated rings. The van der Waals surface area contributed by atoms with Gasteiger partial charge in [0.25, 0.3) is 5.69 Å². The molecule has 1 saturated heterocycles. The smallest absolute Gasteiger partial charge is 0.314 e. The first-order valence-corrected chi connectivity index (χ1v) is 10.4. The van der Waals surface area contributed by atoms with E-state index >= 15 is 0 Å². The summed E-state index contributed by atoms with van der Waals surface area (Å²) in [5, 5.41) is 12.8. The van der Waals surface area contributed by atoms with Crippen LogP contribution in [-0.2, 0) is 10.4 Å². The minimum absolute atomic E-state index is 0.144. The molecule has 0 bridgehead atoms. The van der Waals surface area contributed by atoms with Gasteiger partial charge < -0.3 is 4.55 Å². The molecule has 1 N–H and O–H groups in total. The number of hydrogen-bond donors (Lipinski definition) is 1. The number of nitro benzene ring substituents is 1. The molecular formula is C14H16N2O6S3. The van der Waals surface area contributed by atoms with E-state index in [0.29, 0.717) is 0 Å². The van der Waals surface area contributed by atoms with E-state index in [1.165, 1.54) is 28.1 Å². The average molecular weight is 404 g/mol. The molecule has 8 nitrogen and oxygen atoms in total. The van der Waals surface area contributed by atoms with Crippen molar-refractivity contribution in [2.45, 2.75) is 19.3 Å². The summed E-state index contributed by atoms with van der Waals surface area (Å²) in [6.07, 6.45) is 3.89. The predicted molar refractivity (Wildman–Crippen MR) is 95.5 cm³/mol. The highest BCUT2D eigenvalue weighted by Crippen LogP contribution is 2.25. The van der Waals surface area contributed by atoms with Crippen molar-refractivity contribution in [3.63, 3.8) is 0 Å². The van der Waals surface area contributed by atoms with E-state index in [9.17, 15) is 10.1 Å². The summed E-state index contributed by atoms with van der Waals surface area (Å²) in [6, 6.07) is 6.80. The fraction of sp³-hybridized carbons (Fsp3) is 0.357. The summed E-state index contributed by atoms with van der Waals surface area (Å²) in [7, 11) is -4.92. The lowest BCUT2D eigenvalue weighted by Crippen LogP contribution is -2.31. The number of hydrogen-bond acceptors (Lipinski definition) is 7. The Balaban J connectivity index is 0.000000399. The third kappa shape index (κ3) is 6.63. The Morgan fingerprint density at radius 3 is 2.20 bits per heavy atom. The lowest BCUT2D eigenvalue weighted by Gasteiger charge is -2.07. The van der Waals surface area contributed by atoms with E-state index in [0.717, 1.165) is 18.7 Å². The van der Waals surface area contributed by atoms with Crippen LogP contribution in [0.25, 0.3) is 10.4 Å². The molecule has 1 aliphatic rings. The van der Waals surface area contributed by atoms with Crippen LogP contribution >= 0.6 is 22.7 Å². The van der Waals surface area contributed by atoms with Crippen LogP contribution in [0.4, 0.5) is 5.69 Å². The van der Waals surface area contributed by atoms with Gasteiger partial charge in [-0.2, -0.15) is 0 Å². The lowest BCUT2D eigenvalue weighted by molar-refractivity contribution is -0.384. The van der Waals surface area contributed by atoms with Gasteiger partial charge in [0, 0.05) is 30.4 Å². The first-order valence-electron chi connectivity index (χ1n) is 7.34. The molecule has 0 spiro atoms. The normalized spacial score (nSPS) is 14.6. The molecule has 0 saturated carbocycles. The highest BCUT2D eigenvalue weighted by atomic mass is 32.3. The predicted octanol–water partition coefficient (Wildman–Crippen LogP) is 2.35. The Morgan fingerprint density at radius 2 is 1.68 bits per heavy atom. The highest BCUT2D eigenvalue weighted by molar-refractivity contribution is 7.79. The third-order valence-electron chi connectivity index (χ3n) is 3.44. The fourth-order valence-corrected chi connectivity index (χ4v) is 4.71. The van der Waals surface area contributed by atoms with Gasteiger partial charge in [0.15, 0.2) is 0 Å². The molecule has 11 heteroatoms. The van der Waals surface area contributed by atoms with Crippen LogP contribution < -0.4 is 8.56 Å². The van der Waals surface area contributed by atoms with Crippen LogP contribution in [0.3, 0.4) is 0 Å². The molecule has 0 radical (unpaired) electrons. The molecule has 25 heavy (non-hydrogen) atoms. The Kier molecular flexibility index (Phi) is 6.79. The Bertz CT molecular complexity index is 883. The summed E-state index contributed by atoms with van der Waals surface area (Å²) in [5.41, 5.74) is 1.20. The van der Waals surface area contributed by atoms with Crippen molar-refractivity contribution in [3.05, 3.63) is 43.7 Å². The molecule has 0 unspecified atom stereocenters. The number of rotatable bonds is 2. The molecular weight excluding hydrogens is 388 g/mol. The maximum absolute atomic E-state index is 10.7. The van der Waals surface area contributed by atoms with Crippen molar-refractivity contribution in [1.82, 2.24) is 4.58 Å². The van der Waals surface area contributed by atoms with Crippen molar-refractivity contribution in [2.75, 3.05) is 13.1 Å². The second kappa shape index (κ2) is 8.63. The van der Waals surface area contributed by atoms with Gasteiger partial charge in [-0.25, -0.2) is 13.0 Å². The van der Waals surface area contributed by atoms with Gasteiger partial charge in [-0.1, -0.05) is 22.7 Å². The fourth-order valence-electron chi connectivity index (χ4n) is 2.34. The van der Waals surface area contributed by atoms with E-state index in [-0.39, 0.29) is 10.6 Å². The first kappa shape index (κ1) is 19.7. The Morgan fingerprint density at radius 1 is 1.12 bits per heavy atom. The van der Waals surface area contributed by atoms with E-state index in [1.54, 1.807) is 34.8 Å². The number of non-ortho nitro benzene ring substituents is 1. The molecule has 0 atom stereocenters.